The molecule has 96 valence electrons. The standard InChI is InChI=1S/C15H25NO/c1-4-11-17-12-10-15(16-5-2)14-8-6-13(3)7-9-14/h6-9,15-16H,4-5,10-12H2,1-3H3. The molecule has 1 N–H and O–H groups in total. The molecule has 0 aliphatic heterocycles. The first-order valence-corrected chi connectivity index (χ1v) is 6.65. The molecule has 1 aromatic rings. The second-order valence-corrected chi connectivity index (χ2v) is 4.42. The molecule has 0 heterocycles. The van der Waals surface area contributed by atoms with Gasteiger partial charge in [-0.15, -0.1) is 0 Å². The lowest BCUT2D eigenvalue weighted by Crippen LogP contribution is -2.22. The van der Waals surface area contributed by atoms with Gasteiger partial charge in [0.25, 0.3) is 0 Å². The molecule has 2 nitrogen and oxygen atoms in total. The third kappa shape index (κ3) is 5.33. The van der Waals surface area contributed by atoms with Crippen molar-refractivity contribution in [3.8, 4) is 0 Å². The highest BCUT2D eigenvalue weighted by molar-refractivity contribution is 5.24. The summed E-state index contributed by atoms with van der Waals surface area (Å²) in [7, 11) is 0. The van der Waals surface area contributed by atoms with E-state index in [9.17, 15) is 0 Å². The molecule has 0 saturated heterocycles. The van der Waals surface area contributed by atoms with Crippen molar-refractivity contribution in [2.24, 2.45) is 0 Å². The predicted octanol–water partition coefficient (Wildman–Crippen LogP) is 3.46. The number of ether oxygens (including phenoxy) is 1. The van der Waals surface area contributed by atoms with Gasteiger partial charge in [0.05, 0.1) is 0 Å². The normalized spacial score (nSPS) is 12.6. The van der Waals surface area contributed by atoms with Gasteiger partial charge in [-0.1, -0.05) is 43.7 Å². The summed E-state index contributed by atoms with van der Waals surface area (Å²) in [5, 5.41) is 3.52. The zero-order valence-corrected chi connectivity index (χ0v) is 11.3. The van der Waals surface area contributed by atoms with E-state index >= 15 is 0 Å². The van der Waals surface area contributed by atoms with E-state index in [2.05, 4.69) is 50.4 Å². The quantitative estimate of drug-likeness (QED) is 0.697. The molecule has 0 bridgehead atoms. The second kappa shape index (κ2) is 8.26. The molecule has 1 unspecified atom stereocenters. The number of nitrogens with one attached hydrogen (secondary N) is 1. The maximum Gasteiger partial charge on any atom is 0.0484 e. The molecule has 0 aliphatic carbocycles. The lowest BCUT2D eigenvalue weighted by Gasteiger charge is -2.18. The fourth-order valence-electron chi connectivity index (χ4n) is 1.88. The van der Waals surface area contributed by atoms with E-state index in [-0.39, 0.29) is 0 Å². The Balaban J connectivity index is 2.49. The van der Waals surface area contributed by atoms with Crippen LogP contribution in [0.4, 0.5) is 0 Å². The van der Waals surface area contributed by atoms with Crippen molar-refractivity contribution >= 4 is 0 Å². The monoisotopic (exact) mass is 235 g/mol. The Morgan fingerprint density at radius 3 is 2.41 bits per heavy atom. The Morgan fingerprint density at radius 2 is 1.82 bits per heavy atom. The van der Waals surface area contributed by atoms with Gasteiger partial charge in [-0.05, 0) is 31.9 Å². The van der Waals surface area contributed by atoms with Crippen LogP contribution in [0.5, 0.6) is 0 Å². The number of hydrogen-bond donors (Lipinski definition) is 1. The van der Waals surface area contributed by atoms with Crippen LogP contribution < -0.4 is 5.32 Å². The van der Waals surface area contributed by atoms with E-state index in [4.69, 9.17) is 4.74 Å². The molecule has 1 atom stereocenters. The molecule has 0 aromatic heterocycles. The molecule has 0 aliphatic rings. The van der Waals surface area contributed by atoms with Gasteiger partial charge in [0.1, 0.15) is 0 Å². The van der Waals surface area contributed by atoms with E-state index in [1.807, 2.05) is 0 Å². The first kappa shape index (κ1) is 14.2. The van der Waals surface area contributed by atoms with Gasteiger partial charge in [0, 0.05) is 19.3 Å². The second-order valence-electron chi connectivity index (χ2n) is 4.42. The summed E-state index contributed by atoms with van der Waals surface area (Å²) in [6.45, 7) is 9.10. The minimum absolute atomic E-state index is 0.414. The maximum absolute atomic E-state index is 5.56. The highest BCUT2D eigenvalue weighted by Crippen LogP contribution is 2.17. The molecular formula is C15H25NO. The van der Waals surface area contributed by atoms with Crippen LogP contribution in [0.25, 0.3) is 0 Å². The first-order chi connectivity index (χ1) is 8.27. The van der Waals surface area contributed by atoms with Gasteiger partial charge in [0.2, 0.25) is 0 Å². The first-order valence-electron chi connectivity index (χ1n) is 6.65. The van der Waals surface area contributed by atoms with Crippen molar-refractivity contribution in [2.45, 2.75) is 39.7 Å². The fraction of sp³-hybridized carbons (Fsp3) is 0.600. The summed E-state index contributed by atoms with van der Waals surface area (Å²) in [4.78, 5) is 0. The molecule has 0 radical (unpaired) electrons. The predicted molar refractivity (Wildman–Crippen MR) is 73.3 cm³/mol. The molecule has 1 aromatic carbocycles. The highest BCUT2D eigenvalue weighted by Gasteiger charge is 2.09. The molecule has 0 spiro atoms. The van der Waals surface area contributed by atoms with Gasteiger partial charge in [-0.2, -0.15) is 0 Å². The molecule has 0 amide bonds. The summed E-state index contributed by atoms with van der Waals surface area (Å²) < 4.78 is 5.56. The Morgan fingerprint density at radius 1 is 1.12 bits per heavy atom. The third-order valence-electron chi connectivity index (χ3n) is 2.83. The summed E-state index contributed by atoms with van der Waals surface area (Å²) in [6.07, 6.45) is 2.13. The third-order valence-corrected chi connectivity index (χ3v) is 2.83. The van der Waals surface area contributed by atoms with Gasteiger partial charge >= 0.3 is 0 Å². The Bertz CT molecular complexity index is 294. The maximum atomic E-state index is 5.56. The largest absolute Gasteiger partial charge is 0.381 e. The van der Waals surface area contributed by atoms with Crippen molar-refractivity contribution in [2.75, 3.05) is 19.8 Å². The SMILES string of the molecule is CCCOCCC(NCC)c1ccc(C)cc1. The highest BCUT2D eigenvalue weighted by atomic mass is 16.5. The van der Waals surface area contributed by atoms with Crippen LogP contribution in [0.15, 0.2) is 24.3 Å². The van der Waals surface area contributed by atoms with Gasteiger partial charge in [-0.3, -0.25) is 0 Å². The fourth-order valence-corrected chi connectivity index (χ4v) is 1.88. The van der Waals surface area contributed by atoms with Gasteiger partial charge in [0.15, 0.2) is 0 Å². The molecule has 17 heavy (non-hydrogen) atoms. The van der Waals surface area contributed by atoms with Crippen LogP contribution in [-0.4, -0.2) is 19.8 Å². The van der Waals surface area contributed by atoms with E-state index in [1.54, 1.807) is 0 Å². The number of aryl methyl sites for hydroxylation is 1. The van der Waals surface area contributed by atoms with Crippen molar-refractivity contribution in [1.82, 2.24) is 5.32 Å². The summed E-state index contributed by atoms with van der Waals surface area (Å²) >= 11 is 0. The van der Waals surface area contributed by atoms with Gasteiger partial charge < -0.3 is 10.1 Å². The molecule has 1 rings (SSSR count). The van der Waals surface area contributed by atoms with Crippen LogP contribution in [0, 0.1) is 6.92 Å². The van der Waals surface area contributed by atoms with Crippen molar-refractivity contribution in [3.05, 3.63) is 35.4 Å². The molecule has 0 saturated carbocycles. The topological polar surface area (TPSA) is 21.3 Å². The van der Waals surface area contributed by atoms with E-state index < -0.39 is 0 Å². The van der Waals surface area contributed by atoms with Crippen molar-refractivity contribution in [3.63, 3.8) is 0 Å². The summed E-state index contributed by atoms with van der Waals surface area (Å²) in [5.41, 5.74) is 2.67. The van der Waals surface area contributed by atoms with Crippen LogP contribution in [-0.2, 0) is 4.74 Å². The van der Waals surface area contributed by atoms with E-state index in [1.165, 1.54) is 11.1 Å². The molecule has 0 fully saturated rings. The minimum atomic E-state index is 0.414. The zero-order chi connectivity index (χ0) is 12.5. The summed E-state index contributed by atoms with van der Waals surface area (Å²) in [6, 6.07) is 9.18. The lowest BCUT2D eigenvalue weighted by molar-refractivity contribution is 0.124. The molecule has 2 heteroatoms. The zero-order valence-electron chi connectivity index (χ0n) is 11.3. The van der Waals surface area contributed by atoms with Gasteiger partial charge in [-0.25, -0.2) is 0 Å². The van der Waals surface area contributed by atoms with Crippen molar-refractivity contribution < 1.29 is 4.74 Å². The number of benzene rings is 1. The van der Waals surface area contributed by atoms with Crippen LogP contribution in [0.2, 0.25) is 0 Å². The number of hydrogen-bond acceptors (Lipinski definition) is 2. The van der Waals surface area contributed by atoms with E-state index in [0.717, 1.165) is 32.6 Å². The van der Waals surface area contributed by atoms with Crippen LogP contribution in [0.1, 0.15) is 43.9 Å². The average molecular weight is 235 g/mol. The molecular weight excluding hydrogens is 210 g/mol. The van der Waals surface area contributed by atoms with Crippen LogP contribution >= 0.6 is 0 Å². The Hall–Kier alpha value is -0.860. The number of rotatable bonds is 8. The van der Waals surface area contributed by atoms with Crippen LogP contribution in [0.3, 0.4) is 0 Å². The Labute approximate surface area is 105 Å². The average Bonchev–Trinajstić information content (AvgIpc) is 2.34. The Kier molecular flexibility index (Phi) is 6.90. The van der Waals surface area contributed by atoms with E-state index in [0.29, 0.717) is 6.04 Å². The minimum Gasteiger partial charge on any atom is -0.381 e. The smallest absolute Gasteiger partial charge is 0.0484 e. The summed E-state index contributed by atoms with van der Waals surface area (Å²) in [5.74, 6) is 0. The lowest BCUT2D eigenvalue weighted by atomic mass is 10.0. The van der Waals surface area contributed by atoms with Crippen molar-refractivity contribution in [1.29, 1.82) is 0 Å².